The van der Waals surface area contributed by atoms with Crippen LogP contribution in [0.2, 0.25) is 0 Å². The number of hydrogen-bond donors (Lipinski definition) is 4. The van der Waals surface area contributed by atoms with E-state index in [1.54, 1.807) is 30.3 Å². The first-order chi connectivity index (χ1) is 11.2. The van der Waals surface area contributed by atoms with Crippen LogP contribution >= 0.6 is 0 Å². The van der Waals surface area contributed by atoms with Gasteiger partial charge in [0, 0.05) is 24.7 Å². The van der Waals surface area contributed by atoms with Crippen LogP contribution < -0.4 is 16.4 Å². The summed E-state index contributed by atoms with van der Waals surface area (Å²) in [6.45, 7) is 0.739. The third-order valence-corrected chi connectivity index (χ3v) is 3.70. The Morgan fingerprint density at radius 2 is 2.04 bits per heavy atom. The van der Waals surface area contributed by atoms with Gasteiger partial charge in [-0.1, -0.05) is 12.1 Å². The maximum atomic E-state index is 12.3. The van der Waals surface area contributed by atoms with Crippen molar-refractivity contribution in [2.75, 3.05) is 18.4 Å². The van der Waals surface area contributed by atoms with Crippen molar-refractivity contribution >= 4 is 17.5 Å². The number of nitrogens with zero attached hydrogens (tertiary/aromatic N) is 1. The molecule has 2 aromatic rings. The van der Waals surface area contributed by atoms with E-state index in [1.165, 1.54) is 0 Å². The molecule has 0 bridgehead atoms. The number of amides is 2. The van der Waals surface area contributed by atoms with E-state index in [0.717, 1.165) is 18.5 Å². The van der Waals surface area contributed by atoms with Gasteiger partial charge in [0.2, 0.25) is 0 Å². The van der Waals surface area contributed by atoms with Crippen LogP contribution in [0.4, 0.5) is 5.69 Å². The molecule has 1 saturated carbocycles. The van der Waals surface area contributed by atoms with Gasteiger partial charge >= 0.3 is 0 Å². The highest BCUT2D eigenvalue weighted by atomic mass is 16.2. The molecule has 3 rings (SSSR count). The molecule has 0 spiro atoms. The Morgan fingerprint density at radius 3 is 2.78 bits per heavy atom. The minimum absolute atomic E-state index is 0.271. The van der Waals surface area contributed by atoms with Gasteiger partial charge in [-0.3, -0.25) is 14.7 Å². The highest BCUT2D eigenvalue weighted by Gasteiger charge is 2.26. The monoisotopic (exact) mass is 313 g/mol. The molecule has 2 amide bonds. The van der Waals surface area contributed by atoms with E-state index in [9.17, 15) is 9.59 Å². The lowest BCUT2D eigenvalue weighted by molar-refractivity contribution is 0.0955. The summed E-state index contributed by atoms with van der Waals surface area (Å²) in [5.41, 5.74) is 7.54. The lowest BCUT2D eigenvalue weighted by Crippen LogP contribution is -2.30. The summed E-state index contributed by atoms with van der Waals surface area (Å²) in [5.74, 6) is -0.113. The number of carbonyl (C=O) groups excluding carboxylic acids is 2. The van der Waals surface area contributed by atoms with E-state index in [4.69, 9.17) is 5.73 Å². The number of H-pyrrole nitrogens is 1. The molecule has 0 aliphatic heterocycles. The highest BCUT2D eigenvalue weighted by molar-refractivity contribution is 6.08. The standard InChI is InChI=1S/C16H19N5O2/c17-7-8-18-15(22)11-3-1-2-4-12(11)19-16(23)14-9-13(20-21-14)10-5-6-10/h1-4,9-10H,5-8,17H2,(H,18,22)(H,19,23)(H,20,21). The summed E-state index contributed by atoms with van der Waals surface area (Å²) in [7, 11) is 0. The van der Waals surface area contributed by atoms with Gasteiger partial charge in [0.1, 0.15) is 0 Å². The maximum absolute atomic E-state index is 12.3. The molecule has 120 valence electrons. The zero-order chi connectivity index (χ0) is 16.2. The Kier molecular flexibility index (Phi) is 4.38. The molecule has 1 heterocycles. The highest BCUT2D eigenvalue weighted by Crippen LogP contribution is 2.39. The zero-order valence-corrected chi connectivity index (χ0v) is 12.6. The summed E-state index contributed by atoms with van der Waals surface area (Å²) in [6.07, 6.45) is 2.26. The maximum Gasteiger partial charge on any atom is 0.276 e. The molecule has 7 heteroatoms. The Bertz CT molecular complexity index is 721. The van der Waals surface area contributed by atoms with Crippen molar-refractivity contribution in [1.82, 2.24) is 15.5 Å². The van der Waals surface area contributed by atoms with Crippen LogP contribution in [-0.2, 0) is 0 Å². The fraction of sp³-hybridized carbons (Fsp3) is 0.312. The number of rotatable bonds is 6. The molecule has 0 radical (unpaired) electrons. The number of hydrogen-bond acceptors (Lipinski definition) is 4. The Balaban J connectivity index is 1.73. The Morgan fingerprint density at radius 1 is 1.26 bits per heavy atom. The molecule has 1 aromatic heterocycles. The first kappa shape index (κ1) is 15.2. The van der Waals surface area contributed by atoms with Crippen molar-refractivity contribution in [2.45, 2.75) is 18.8 Å². The van der Waals surface area contributed by atoms with E-state index in [1.807, 2.05) is 0 Å². The van der Waals surface area contributed by atoms with Gasteiger partial charge in [-0.2, -0.15) is 5.10 Å². The number of aromatic amines is 1. The van der Waals surface area contributed by atoms with Crippen molar-refractivity contribution in [1.29, 1.82) is 0 Å². The zero-order valence-electron chi connectivity index (χ0n) is 12.6. The summed E-state index contributed by atoms with van der Waals surface area (Å²) in [4.78, 5) is 24.4. The van der Waals surface area contributed by atoms with Gasteiger partial charge in [0.15, 0.2) is 5.69 Å². The molecule has 1 aromatic carbocycles. The molecular weight excluding hydrogens is 294 g/mol. The second-order valence-corrected chi connectivity index (χ2v) is 5.53. The molecule has 0 atom stereocenters. The lowest BCUT2D eigenvalue weighted by Gasteiger charge is -2.10. The van der Waals surface area contributed by atoms with Crippen LogP contribution in [0.15, 0.2) is 30.3 Å². The second kappa shape index (κ2) is 6.62. The Labute approximate surface area is 133 Å². The van der Waals surface area contributed by atoms with Gasteiger partial charge < -0.3 is 16.4 Å². The van der Waals surface area contributed by atoms with E-state index >= 15 is 0 Å². The molecule has 1 aliphatic carbocycles. The molecule has 5 N–H and O–H groups in total. The number of anilines is 1. The SMILES string of the molecule is NCCNC(=O)c1ccccc1NC(=O)c1cc(C2CC2)[nH]n1. The van der Waals surface area contributed by atoms with Crippen LogP contribution in [0.3, 0.4) is 0 Å². The van der Waals surface area contributed by atoms with Crippen molar-refractivity contribution in [3.63, 3.8) is 0 Å². The molecular formula is C16H19N5O2. The Hall–Kier alpha value is -2.67. The third-order valence-electron chi connectivity index (χ3n) is 3.70. The van der Waals surface area contributed by atoms with Crippen LogP contribution in [0, 0.1) is 0 Å². The van der Waals surface area contributed by atoms with E-state index in [2.05, 4.69) is 20.8 Å². The molecule has 1 aliphatic rings. The average Bonchev–Trinajstić information content (AvgIpc) is 3.30. The van der Waals surface area contributed by atoms with Crippen LogP contribution in [0.1, 0.15) is 45.3 Å². The summed E-state index contributed by atoms with van der Waals surface area (Å²) >= 11 is 0. The smallest absolute Gasteiger partial charge is 0.276 e. The molecule has 7 nitrogen and oxygen atoms in total. The third kappa shape index (κ3) is 3.57. The summed E-state index contributed by atoms with van der Waals surface area (Å²) in [6, 6.07) is 8.61. The number of nitrogens with two attached hydrogens (primary N) is 1. The van der Waals surface area contributed by atoms with Crippen LogP contribution in [0.5, 0.6) is 0 Å². The minimum Gasteiger partial charge on any atom is -0.351 e. The number of carbonyl (C=O) groups is 2. The predicted octanol–water partition coefficient (Wildman–Crippen LogP) is 1.23. The predicted molar refractivity (Wildman–Crippen MR) is 86.3 cm³/mol. The van der Waals surface area contributed by atoms with Gasteiger partial charge in [-0.05, 0) is 31.0 Å². The van der Waals surface area contributed by atoms with Crippen LogP contribution in [-0.4, -0.2) is 35.1 Å². The summed E-state index contributed by atoms with van der Waals surface area (Å²) < 4.78 is 0. The number of benzene rings is 1. The fourth-order valence-electron chi connectivity index (χ4n) is 2.31. The van der Waals surface area contributed by atoms with E-state index in [0.29, 0.717) is 36.0 Å². The fourth-order valence-corrected chi connectivity index (χ4v) is 2.31. The molecule has 0 saturated heterocycles. The first-order valence-electron chi connectivity index (χ1n) is 7.63. The average molecular weight is 313 g/mol. The molecule has 23 heavy (non-hydrogen) atoms. The van der Waals surface area contributed by atoms with Crippen molar-refractivity contribution in [3.05, 3.63) is 47.3 Å². The quantitative estimate of drug-likeness (QED) is 0.642. The number of nitrogens with one attached hydrogen (secondary N) is 3. The van der Waals surface area contributed by atoms with Crippen molar-refractivity contribution < 1.29 is 9.59 Å². The van der Waals surface area contributed by atoms with Crippen LogP contribution in [0.25, 0.3) is 0 Å². The van der Waals surface area contributed by atoms with Gasteiger partial charge in [0.25, 0.3) is 11.8 Å². The molecule has 1 fully saturated rings. The second-order valence-electron chi connectivity index (χ2n) is 5.53. The van der Waals surface area contributed by atoms with Crippen molar-refractivity contribution in [2.24, 2.45) is 5.73 Å². The lowest BCUT2D eigenvalue weighted by atomic mass is 10.1. The minimum atomic E-state index is -0.341. The largest absolute Gasteiger partial charge is 0.351 e. The summed E-state index contributed by atoms with van der Waals surface area (Å²) in [5, 5.41) is 12.4. The topological polar surface area (TPSA) is 113 Å². The van der Waals surface area contributed by atoms with E-state index in [-0.39, 0.29) is 11.8 Å². The normalized spacial score (nSPS) is 13.6. The number of para-hydroxylation sites is 1. The van der Waals surface area contributed by atoms with E-state index < -0.39 is 0 Å². The number of aromatic nitrogens is 2. The van der Waals surface area contributed by atoms with Crippen molar-refractivity contribution in [3.8, 4) is 0 Å². The molecule has 0 unspecified atom stereocenters. The first-order valence-corrected chi connectivity index (χ1v) is 7.63. The van der Waals surface area contributed by atoms with Gasteiger partial charge in [-0.25, -0.2) is 0 Å². The van der Waals surface area contributed by atoms with Gasteiger partial charge in [-0.15, -0.1) is 0 Å². The van der Waals surface area contributed by atoms with Gasteiger partial charge in [0.05, 0.1) is 11.3 Å².